The molecule has 0 radical (unpaired) electrons. The molecule has 0 bridgehead atoms. The maximum absolute atomic E-state index is 8.90. The molecule has 106 valence electrons. The van der Waals surface area contributed by atoms with Crippen LogP contribution >= 0.6 is 23.4 Å². The number of aromatic amines is 1. The fourth-order valence-electron chi connectivity index (χ4n) is 1.81. The van der Waals surface area contributed by atoms with Crippen LogP contribution in [-0.2, 0) is 0 Å². The van der Waals surface area contributed by atoms with E-state index in [0.717, 1.165) is 0 Å². The highest BCUT2D eigenvalue weighted by Gasteiger charge is 2.15. The van der Waals surface area contributed by atoms with Crippen LogP contribution in [0, 0.1) is 0 Å². The molecular formula is C12H9ClN6OS. The second-order valence-corrected chi connectivity index (χ2v) is 5.42. The van der Waals surface area contributed by atoms with E-state index in [-0.39, 0.29) is 5.84 Å². The molecule has 7 nitrogen and oxygen atoms in total. The quantitative estimate of drug-likeness (QED) is 0.224. The molecule has 4 N–H and O–H groups in total. The van der Waals surface area contributed by atoms with Gasteiger partial charge in [-0.15, -0.1) is 0 Å². The molecule has 2 heterocycles. The summed E-state index contributed by atoms with van der Waals surface area (Å²) in [6, 6.07) is 5.27. The second kappa shape index (κ2) is 5.58. The predicted molar refractivity (Wildman–Crippen MR) is 79.8 cm³/mol. The Morgan fingerprint density at radius 1 is 1.33 bits per heavy atom. The topological polar surface area (TPSA) is 113 Å². The molecule has 0 aliphatic carbocycles. The summed E-state index contributed by atoms with van der Waals surface area (Å²) in [5.41, 5.74) is 7.43. The monoisotopic (exact) mass is 320 g/mol. The Hall–Kier alpha value is -2.32. The third kappa shape index (κ3) is 2.50. The van der Waals surface area contributed by atoms with Crippen molar-refractivity contribution in [3.63, 3.8) is 0 Å². The fraction of sp³-hybridized carbons (Fsp3) is 0. The van der Waals surface area contributed by atoms with Crippen molar-refractivity contribution in [2.75, 3.05) is 0 Å². The number of halogens is 1. The van der Waals surface area contributed by atoms with Crippen LogP contribution in [0.3, 0.4) is 0 Å². The minimum atomic E-state index is -0.0574. The largest absolute Gasteiger partial charge is 0.409 e. The minimum absolute atomic E-state index is 0.0574. The average molecular weight is 321 g/mol. The highest BCUT2D eigenvalue weighted by Crippen LogP contribution is 2.34. The summed E-state index contributed by atoms with van der Waals surface area (Å²) in [6.45, 7) is 0. The van der Waals surface area contributed by atoms with Crippen LogP contribution in [0.1, 0.15) is 5.56 Å². The van der Waals surface area contributed by atoms with Crippen molar-refractivity contribution in [1.82, 2.24) is 19.9 Å². The number of hydrogen-bond acceptors (Lipinski definition) is 6. The molecule has 2 aromatic heterocycles. The second-order valence-electron chi connectivity index (χ2n) is 3.98. The van der Waals surface area contributed by atoms with Gasteiger partial charge in [0.1, 0.15) is 16.9 Å². The lowest BCUT2D eigenvalue weighted by atomic mass is 10.2. The Morgan fingerprint density at radius 3 is 3.00 bits per heavy atom. The minimum Gasteiger partial charge on any atom is -0.409 e. The number of nitrogens with two attached hydrogens (primary N) is 1. The van der Waals surface area contributed by atoms with Gasteiger partial charge in [0.15, 0.2) is 11.5 Å². The molecule has 0 fully saturated rings. The van der Waals surface area contributed by atoms with E-state index in [9.17, 15) is 0 Å². The first-order chi connectivity index (χ1) is 10.2. The van der Waals surface area contributed by atoms with Crippen molar-refractivity contribution in [2.45, 2.75) is 9.92 Å². The van der Waals surface area contributed by atoms with Crippen LogP contribution in [0.5, 0.6) is 0 Å². The zero-order valence-corrected chi connectivity index (χ0v) is 12.1. The van der Waals surface area contributed by atoms with Gasteiger partial charge in [-0.1, -0.05) is 34.6 Å². The Balaban J connectivity index is 2.10. The van der Waals surface area contributed by atoms with Gasteiger partial charge in [0, 0.05) is 4.90 Å². The molecule has 0 aliphatic rings. The molecule has 0 saturated heterocycles. The fourth-order valence-corrected chi connectivity index (χ4v) is 3.16. The molecule has 0 aliphatic heterocycles. The molecule has 3 rings (SSSR count). The number of amidine groups is 1. The van der Waals surface area contributed by atoms with Crippen LogP contribution in [0.15, 0.2) is 45.9 Å². The van der Waals surface area contributed by atoms with Crippen molar-refractivity contribution in [3.05, 3.63) is 41.4 Å². The van der Waals surface area contributed by atoms with Gasteiger partial charge in [-0.25, -0.2) is 15.0 Å². The predicted octanol–water partition coefficient (Wildman–Crippen LogP) is 2.25. The highest BCUT2D eigenvalue weighted by atomic mass is 35.5. The average Bonchev–Trinajstić information content (AvgIpc) is 2.96. The van der Waals surface area contributed by atoms with Gasteiger partial charge < -0.3 is 15.9 Å². The Kier molecular flexibility index (Phi) is 3.63. The zero-order chi connectivity index (χ0) is 14.8. The van der Waals surface area contributed by atoms with E-state index < -0.39 is 0 Å². The SMILES string of the molecule is NC(=NO)c1c(Cl)cccc1Sc1ncnc2nc[nH]c12. The molecule has 9 heteroatoms. The number of benzene rings is 1. The molecule has 0 spiro atoms. The van der Waals surface area contributed by atoms with Crippen LogP contribution in [0.25, 0.3) is 11.2 Å². The molecule has 21 heavy (non-hydrogen) atoms. The van der Waals surface area contributed by atoms with Gasteiger partial charge in [0.2, 0.25) is 0 Å². The summed E-state index contributed by atoms with van der Waals surface area (Å²) in [4.78, 5) is 16.1. The third-order valence-corrected chi connectivity index (χ3v) is 4.11. The van der Waals surface area contributed by atoms with Crippen molar-refractivity contribution in [2.24, 2.45) is 10.9 Å². The molecule has 0 atom stereocenters. The van der Waals surface area contributed by atoms with Gasteiger partial charge >= 0.3 is 0 Å². The zero-order valence-electron chi connectivity index (χ0n) is 10.5. The Labute approximate surface area is 128 Å². The van der Waals surface area contributed by atoms with Crippen LogP contribution < -0.4 is 5.73 Å². The maximum atomic E-state index is 8.90. The van der Waals surface area contributed by atoms with Gasteiger partial charge in [-0.2, -0.15) is 0 Å². The summed E-state index contributed by atoms with van der Waals surface area (Å²) < 4.78 is 0. The van der Waals surface area contributed by atoms with E-state index in [1.54, 1.807) is 18.5 Å². The maximum Gasteiger partial charge on any atom is 0.181 e. The number of fused-ring (bicyclic) bond motifs is 1. The first-order valence-corrected chi connectivity index (χ1v) is 6.98. The lowest BCUT2D eigenvalue weighted by Crippen LogP contribution is -2.14. The van der Waals surface area contributed by atoms with Gasteiger partial charge in [0.25, 0.3) is 0 Å². The number of hydrogen-bond donors (Lipinski definition) is 3. The van der Waals surface area contributed by atoms with E-state index >= 15 is 0 Å². The van der Waals surface area contributed by atoms with Crippen LogP contribution in [0.4, 0.5) is 0 Å². The van der Waals surface area contributed by atoms with E-state index in [4.69, 9.17) is 22.5 Å². The van der Waals surface area contributed by atoms with Crippen molar-refractivity contribution < 1.29 is 5.21 Å². The number of aromatic nitrogens is 4. The highest BCUT2D eigenvalue weighted by molar-refractivity contribution is 7.99. The third-order valence-electron chi connectivity index (χ3n) is 2.73. The summed E-state index contributed by atoms with van der Waals surface area (Å²) in [7, 11) is 0. The normalized spacial score (nSPS) is 12.0. The smallest absolute Gasteiger partial charge is 0.181 e. The summed E-state index contributed by atoms with van der Waals surface area (Å²) >= 11 is 7.46. The first-order valence-electron chi connectivity index (χ1n) is 5.79. The lowest BCUT2D eigenvalue weighted by Gasteiger charge is -2.09. The van der Waals surface area contributed by atoms with Crippen LogP contribution in [-0.4, -0.2) is 31.0 Å². The molecule has 0 unspecified atom stereocenters. The summed E-state index contributed by atoms with van der Waals surface area (Å²) in [5.74, 6) is -0.0574. The Bertz CT molecular complexity index is 833. The van der Waals surface area contributed by atoms with Crippen LogP contribution in [0.2, 0.25) is 5.02 Å². The van der Waals surface area contributed by atoms with Crippen molar-refractivity contribution >= 4 is 40.4 Å². The van der Waals surface area contributed by atoms with E-state index in [0.29, 0.717) is 31.7 Å². The van der Waals surface area contributed by atoms with Gasteiger partial charge in [-0.05, 0) is 12.1 Å². The number of nitrogens with one attached hydrogen (secondary N) is 1. The number of rotatable bonds is 3. The molecule has 3 aromatic rings. The van der Waals surface area contributed by atoms with Gasteiger partial charge in [-0.3, -0.25) is 0 Å². The Morgan fingerprint density at radius 2 is 2.19 bits per heavy atom. The standard InChI is InChI=1S/C12H9ClN6OS/c13-6-2-1-3-7(8(6)10(14)19-20)21-12-9-11(16-4-15-9)17-5-18-12/h1-5,20H,(H2,14,19)(H,15,16,17,18). The molecule has 0 saturated carbocycles. The molecule has 0 amide bonds. The number of oxime groups is 1. The first kappa shape index (κ1) is 13.7. The van der Waals surface area contributed by atoms with Crippen molar-refractivity contribution in [3.8, 4) is 0 Å². The number of H-pyrrole nitrogens is 1. The molecular weight excluding hydrogens is 312 g/mol. The molecule has 1 aromatic carbocycles. The van der Waals surface area contributed by atoms with Gasteiger partial charge in [0.05, 0.1) is 16.9 Å². The van der Waals surface area contributed by atoms with E-state index in [2.05, 4.69) is 25.1 Å². The lowest BCUT2D eigenvalue weighted by molar-refractivity contribution is 0.318. The van der Waals surface area contributed by atoms with Crippen molar-refractivity contribution in [1.29, 1.82) is 0 Å². The number of imidazole rings is 1. The van der Waals surface area contributed by atoms with E-state index in [1.165, 1.54) is 18.1 Å². The summed E-state index contributed by atoms with van der Waals surface area (Å²) in [6.07, 6.45) is 2.98. The summed E-state index contributed by atoms with van der Waals surface area (Å²) in [5, 5.41) is 13.0. The number of nitrogens with zero attached hydrogens (tertiary/aromatic N) is 4. The van der Waals surface area contributed by atoms with E-state index in [1.807, 2.05) is 6.07 Å².